The molecule has 0 aliphatic rings. The zero-order valence-corrected chi connectivity index (χ0v) is 15.0. The van der Waals surface area contributed by atoms with Gasteiger partial charge in [-0.15, -0.1) is 0 Å². The number of methoxy groups -OCH3 is 3. The summed E-state index contributed by atoms with van der Waals surface area (Å²) in [4.78, 5) is 25.0. The number of aryl methyl sites for hydroxylation is 1. The van der Waals surface area contributed by atoms with Crippen LogP contribution in [-0.4, -0.2) is 58.3 Å². The van der Waals surface area contributed by atoms with E-state index in [1.165, 1.54) is 26.2 Å². The van der Waals surface area contributed by atoms with E-state index in [0.29, 0.717) is 23.7 Å². The first kappa shape index (κ1) is 19.6. The van der Waals surface area contributed by atoms with Crippen LogP contribution in [0.25, 0.3) is 0 Å². The molecule has 0 bridgehead atoms. The molecule has 0 aliphatic carbocycles. The third-order valence-corrected chi connectivity index (χ3v) is 3.44. The van der Waals surface area contributed by atoms with Crippen LogP contribution in [0.5, 0.6) is 17.2 Å². The van der Waals surface area contributed by atoms with Gasteiger partial charge in [0.2, 0.25) is 5.75 Å². The Balaban J connectivity index is 2.73. The molecule has 0 aliphatic heterocycles. The van der Waals surface area contributed by atoms with E-state index >= 15 is 0 Å². The number of likely N-dealkylation sites (N-methyl/N-ethyl adjacent to an activating group) is 1. The summed E-state index contributed by atoms with van der Waals surface area (Å²) in [6, 6.07) is 3.56. The zero-order chi connectivity index (χ0) is 18.3. The normalized spacial score (nSPS) is 11.4. The monoisotopic (exact) mass is 339 g/mol. The average molecular weight is 339 g/mol. The van der Waals surface area contributed by atoms with Gasteiger partial charge >= 0.3 is 5.97 Å². The third kappa shape index (κ3) is 5.04. The fraction of sp³-hybridized carbons (Fsp3) is 0.529. The van der Waals surface area contributed by atoms with Crippen molar-refractivity contribution in [2.24, 2.45) is 0 Å². The fourth-order valence-corrected chi connectivity index (χ4v) is 2.20. The molecule has 0 unspecified atom stereocenters. The van der Waals surface area contributed by atoms with Gasteiger partial charge in [-0.3, -0.25) is 9.59 Å². The Kier molecular flexibility index (Phi) is 7.35. The lowest BCUT2D eigenvalue weighted by atomic mass is 10.1. The summed E-state index contributed by atoms with van der Waals surface area (Å²) in [5, 5.41) is 0. The summed E-state index contributed by atoms with van der Waals surface area (Å²) >= 11 is 0. The Morgan fingerprint density at radius 3 is 2.00 bits per heavy atom. The van der Waals surface area contributed by atoms with E-state index in [2.05, 4.69) is 0 Å². The molecule has 1 amide bonds. The van der Waals surface area contributed by atoms with Gasteiger partial charge < -0.3 is 23.8 Å². The molecule has 1 aromatic rings. The van der Waals surface area contributed by atoms with Crippen molar-refractivity contribution >= 4 is 11.9 Å². The first-order valence-corrected chi connectivity index (χ1v) is 7.53. The topological polar surface area (TPSA) is 74.3 Å². The second kappa shape index (κ2) is 9.00. The predicted molar refractivity (Wildman–Crippen MR) is 88.7 cm³/mol. The van der Waals surface area contributed by atoms with Gasteiger partial charge in [0.1, 0.15) is 0 Å². The number of hydrogen-bond acceptors (Lipinski definition) is 6. The maximum absolute atomic E-state index is 11.9. The van der Waals surface area contributed by atoms with Crippen LogP contribution in [-0.2, 0) is 20.7 Å². The Morgan fingerprint density at radius 1 is 1.04 bits per heavy atom. The van der Waals surface area contributed by atoms with E-state index in [1.54, 1.807) is 33.2 Å². The highest BCUT2D eigenvalue weighted by molar-refractivity contribution is 5.83. The quantitative estimate of drug-likeness (QED) is 0.671. The van der Waals surface area contributed by atoms with Crippen LogP contribution in [0.15, 0.2) is 12.1 Å². The van der Waals surface area contributed by atoms with Crippen molar-refractivity contribution in [1.82, 2.24) is 4.90 Å². The molecule has 0 saturated heterocycles. The summed E-state index contributed by atoms with van der Waals surface area (Å²) in [5.74, 6) is 0.854. The second-order valence-electron chi connectivity index (χ2n) is 5.40. The van der Waals surface area contributed by atoms with Gasteiger partial charge in [-0.25, -0.2) is 0 Å². The number of hydrogen-bond donors (Lipinski definition) is 0. The third-order valence-electron chi connectivity index (χ3n) is 3.44. The van der Waals surface area contributed by atoms with Crippen molar-refractivity contribution in [2.75, 3.05) is 35.4 Å². The van der Waals surface area contributed by atoms with E-state index in [9.17, 15) is 9.59 Å². The van der Waals surface area contributed by atoms with Crippen LogP contribution in [0.3, 0.4) is 0 Å². The molecular weight excluding hydrogens is 314 g/mol. The molecule has 134 valence electrons. The number of nitrogens with zero attached hydrogens (tertiary/aromatic N) is 1. The molecule has 0 fully saturated rings. The first-order valence-electron chi connectivity index (χ1n) is 7.53. The summed E-state index contributed by atoms with van der Waals surface area (Å²) < 4.78 is 20.9. The van der Waals surface area contributed by atoms with E-state index < -0.39 is 12.1 Å². The molecule has 0 radical (unpaired) electrons. The van der Waals surface area contributed by atoms with Crippen molar-refractivity contribution in [3.05, 3.63) is 17.7 Å². The number of amides is 1. The van der Waals surface area contributed by atoms with Crippen LogP contribution < -0.4 is 14.2 Å². The molecule has 0 N–H and O–H groups in total. The standard InChI is InChI=1S/C17H25NO6/c1-11(17(20)18(2)3)24-15(19)8-7-12-9-13(21-4)16(23-6)14(10-12)22-5/h9-11H,7-8H2,1-6H3/t11-/m0/s1. The molecular formula is C17H25NO6. The number of esters is 1. The average Bonchev–Trinajstić information content (AvgIpc) is 2.57. The van der Waals surface area contributed by atoms with Gasteiger partial charge in [-0.05, 0) is 31.0 Å². The van der Waals surface area contributed by atoms with E-state index in [1.807, 2.05) is 0 Å². The molecule has 0 heterocycles. The number of rotatable bonds is 8. The largest absolute Gasteiger partial charge is 0.493 e. The number of carbonyl (C=O) groups is 2. The van der Waals surface area contributed by atoms with Gasteiger partial charge in [0.25, 0.3) is 5.91 Å². The number of benzene rings is 1. The highest BCUT2D eigenvalue weighted by Crippen LogP contribution is 2.38. The molecule has 1 aromatic carbocycles. The highest BCUT2D eigenvalue weighted by atomic mass is 16.5. The van der Waals surface area contributed by atoms with Gasteiger partial charge in [-0.1, -0.05) is 0 Å². The molecule has 1 rings (SSSR count). The molecule has 1 atom stereocenters. The highest BCUT2D eigenvalue weighted by Gasteiger charge is 2.20. The fourth-order valence-electron chi connectivity index (χ4n) is 2.20. The zero-order valence-electron chi connectivity index (χ0n) is 15.0. The lowest BCUT2D eigenvalue weighted by Gasteiger charge is -2.17. The SMILES string of the molecule is COc1cc(CCC(=O)O[C@@H](C)C(=O)N(C)C)cc(OC)c1OC. The predicted octanol–water partition coefficient (Wildman–Crippen LogP) is 1.66. The van der Waals surface area contributed by atoms with Crippen molar-refractivity contribution in [1.29, 1.82) is 0 Å². The van der Waals surface area contributed by atoms with Crippen LogP contribution in [0.2, 0.25) is 0 Å². The Hall–Kier alpha value is -2.44. The maximum atomic E-state index is 11.9. The lowest BCUT2D eigenvalue weighted by Crippen LogP contribution is -2.34. The molecule has 0 aromatic heterocycles. The van der Waals surface area contributed by atoms with Crippen LogP contribution in [0.4, 0.5) is 0 Å². The smallest absolute Gasteiger partial charge is 0.306 e. The summed E-state index contributed by atoms with van der Waals surface area (Å²) in [7, 11) is 7.82. The summed E-state index contributed by atoms with van der Waals surface area (Å²) in [6.07, 6.45) is -0.227. The van der Waals surface area contributed by atoms with E-state index in [0.717, 1.165) is 5.56 Å². The van der Waals surface area contributed by atoms with E-state index in [-0.39, 0.29) is 12.3 Å². The number of ether oxygens (including phenoxy) is 4. The number of carbonyl (C=O) groups excluding carboxylic acids is 2. The van der Waals surface area contributed by atoms with Gasteiger partial charge in [0.05, 0.1) is 21.3 Å². The van der Waals surface area contributed by atoms with Crippen LogP contribution in [0.1, 0.15) is 18.9 Å². The second-order valence-corrected chi connectivity index (χ2v) is 5.40. The van der Waals surface area contributed by atoms with E-state index in [4.69, 9.17) is 18.9 Å². The molecule has 24 heavy (non-hydrogen) atoms. The van der Waals surface area contributed by atoms with Crippen LogP contribution >= 0.6 is 0 Å². The first-order chi connectivity index (χ1) is 11.3. The van der Waals surface area contributed by atoms with Gasteiger partial charge in [0, 0.05) is 20.5 Å². The van der Waals surface area contributed by atoms with Crippen molar-refractivity contribution in [3.8, 4) is 17.2 Å². The minimum Gasteiger partial charge on any atom is -0.493 e. The van der Waals surface area contributed by atoms with Crippen molar-refractivity contribution in [3.63, 3.8) is 0 Å². The van der Waals surface area contributed by atoms with Crippen LogP contribution in [0, 0.1) is 0 Å². The molecule has 7 nitrogen and oxygen atoms in total. The summed E-state index contributed by atoms with van der Waals surface area (Å²) in [6.45, 7) is 1.56. The Bertz CT molecular complexity index is 559. The Morgan fingerprint density at radius 2 is 1.58 bits per heavy atom. The minimum atomic E-state index is -0.799. The maximum Gasteiger partial charge on any atom is 0.306 e. The summed E-state index contributed by atoms with van der Waals surface area (Å²) in [5.41, 5.74) is 0.841. The molecule has 0 spiro atoms. The van der Waals surface area contributed by atoms with Gasteiger partial charge in [0.15, 0.2) is 17.6 Å². The van der Waals surface area contributed by atoms with Gasteiger partial charge in [-0.2, -0.15) is 0 Å². The molecule has 0 saturated carbocycles. The van der Waals surface area contributed by atoms with Crippen molar-refractivity contribution in [2.45, 2.75) is 25.9 Å². The Labute approximate surface area is 142 Å². The van der Waals surface area contributed by atoms with Crippen molar-refractivity contribution < 1.29 is 28.5 Å². The minimum absolute atomic E-state index is 0.143. The lowest BCUT2D eigenvalue weighted by molar-refractivity contribution is -0.157. The molecule has 7 heteroatoms.